The summed E-state index contributed by atoms with van der Waals surface area (Å²) in [5, 5.41) is 0. The third-order valence-corrected chi connectivity index (χ3v) is 8.87. The second-order valence-corrected chi connectivity index (χ2v) is 11.4. The second kappa shape index (κ2) is 8.73. The monoisotopic (exact) mass is 626 g/mol. The zero-order valence-corrected chi connectivity index (χ0v) is 22.6. The molecular weight excluding hydrogens is 608 g/mol. The summed E-state index contributed by atoms with van der Waals surface area (Å²) in [6, 6.07) is 13.5. The Labute approximate surface area is 228 Å². The molecule has 0 radical (unpaired) electrons. The van der Waals surface area contributed by atoms with Crippen LogP contribution >= 0.6 is 31.9 Å². The van der Waals surface area contributed by atoms with E-state index in [1.54, 1.807) is 61.5 Å². The maximum absolute atomic E-state index is 13.8. The molecule has 0 N–H and O–H groups in total. The van der Waals surface area contributed by atoms with E-state index in [2.05, 4.69) is 31.9 Å². The van der Waals surface area contributed by atoms with Gasteiger partial charge in [0.15, 0.2) is 0 Å². The van der Waals surface area contributed by atoms with Crippen molar-refractivity contribution in [3.05, 3.63) is 69.1 Å². The van der Waals surface area contributed by atoms with Crippen LogP contribution in [0.3, 0.4) is 0 Å². The number of imide groups is 2. The average Bonchev–Trinajstić information content (AvgIpc) is 3.32. The molecule has 188 valence electrons. The molecule has 10 heteroatoms. The van der Waals surface area contributed by atoms with Crippen LogP contribution < -0.4 is 9.80 Å². The number of ether oxygens (including phenoxy) is 1. The minimum Gasteiger partial charge on any atom is -0.463 e. The second-order valence-electron chi connectivity index (χ2n) is 9.53. The fraction of sp³-hybridized carbons (Fsp3) is 0.296. The number of amides is 4. The highest BCUT2D eigenvalue weighted by molar-refractivity contribution is 9.10. The van der Waals surface area contributed by atoms with E-state index < -0.39 is 65.1 Å². The van der Waals surface area contributed by atoms with Gasteiger partial charge in [-0.25, -0.2) is 4.79 Å². The lowest BCUT2D eigenvalue weighted by molar-refractivity contribution is -0.146. The molecule has 0 aromatic heterocycles. The van der Waals surface area contributed by atoms with Crippen LogP contribution in [0.15, 0.2) is 69.1 Å². The number of carbonyl (C=O) groups is 5. The number of esters is 1. The Morgan fingerprint density at radius 2 is 1.11 bits per heavy atom. The smallest absolute Gasteiger partial charge is 0.334 e. The molecule has 7 rings (SSSR count). The first-order valence-corrected chi connectivity index (χ1v) is 13.5. The van der Waals surface area contributed by atoms with Crippen LogP contribution in [0.4, 0.5) is 11.4 Å². The molecule has 2 aromatic carbocycles. The minimum atomic E-state index is -0.937. The Morgan fingerprint density at radius 1 is 0.703 bits per heavy atom. The average molecular weight is 628 g/mol. The number of rotatable bonds is 4. The number of hydrogen-bond donors (Lipinski definition) is 0. The van der Waals surface area contributed by atoms with Crippen molar-refractivity contribution in [3.63, 3.8) is 0 Å². The molecule has 5 aliphatic rings. The minimum absolute atomic E-state index is 0.117. The van der Waals surface area contributed by atoms with Gasteiger partial charge in [-0.3, -0.25) is 29.0 Å². The topological polar surface area (TPSA) is 101 Å². The number of nitrogens with zero attached hydrogens (tertiary/aromatic N) is 2. The largest absolute Gasteiger partial charge is 0.463 e. The van der Waals surface area contributed by atoms with E-state index in [-0.39, 0.29) is 12.2 Å². The summed E-state index contributed by atoms with van der Waals surface area (Å²) in [5.41, 5.74) is 1.01. The van der Waals surface area contributed by atoms with Gasteiger partial charge in [0.2, 0.25) is 23.6 Å². The van der Waals surface area contributed by atoms with Gasteiger partial charge in [-0.05, 0) is 55.5 Å². The fourth-order valence-electron chi connectivity index (χ4n) is 6.46. The number of benzene rings is 2. The molecule has 0 unspecified atom stereocenters. The van der Waals surface area contributed by atoms with Gasteiger partial charge < -0.3 is 4.74 Å². The van der Waals surface area contributed by atoms with Crippen LogP contribution in [0.2, 0.25) is 0 Å². The Hall–Kier alpha value is -3.11. The molecule has 2 bridgehead atoms. The molecule has 4 amide bonds. The number of anilines is 2. The zero-order chi connectivity index (χ0) is 26.2. The van der Waals surface area contributed by atoms with Crippen molar-refractivity contribution in [2.24, 2.45) is 35.5 Å². The first kappa shape index (κ1) is 24.2. The molecule has 3 aliphatic carbocycles. The summed E-state index contributed by atoms with van der Waals surface area (Å²) >= 11 is 6.71. The summed E-state index contributed by atoms with van der Waals surface area (Å²) in [5.74, 6) is -7.70. The van der Waals surface area contributed by atoms with Gasteiger partial charge in [0, 0.05) is 26.4 Å². The van der Waals surface area contributed by atoms with E-state index in [0.29, 0.717) is 11.4 Å². The highest BCUT2D eigenvalue weighted by Gasteiger charge is 2.71. The number of halogens is 2. The van der Waals surface area contributed by atoms with Crippen molar-refractivity contribution in [2.75, 3.05) is 16.4 Å². The Kier molecular flexibility index (Phi) is 5.72. The number of carbonyl (C=O) groups excluding carboxylic acids is 5. The lowest BCUT2D eigenvalue weighted by atomic mass is 9.52. The summed E-state index contributed by atoms with van der Waals surface area (Å²) in [4.78, 5) is 70.3. The van der Waals surface area contributed by atoms with Crippen LogP contribution in [0.5, 0.6) is 0 Å². The standard InChI is InChI=1S/C27H20Br2N2O6/c1-2-37-27(36)17-11-16-19-21(25(34)30(23(19)32)14-7-3-12(28)4-8-14)18(17)22-20(16)24(33)31(26(22)35)15-9-5-13(29)6-10-15/h3-11,16,18-22H,2H2,1H3/t16?,18?,19-,20-,21+,22+/m0/s1. The summed E-state index contributed by atoms with van der Waals surface area (Å²) < 4.78 is 6.85. The molecule has 2 saturated heterocycles. The van der Waals surface area contributed by atoms with E-state index in [4.69, 9.17) is 4.74 Å². The van der Waals surface area contributed by atoms with Gasteiger partial charge in [-0.1, -0.05) is 37.9 Å². The van der Waals surface area contributed by atoms with Gasteiger partial charge in [0.25, 0.3) is 0 Å². The van der Waals surface area contributed by atoms with E-state index in [0.717, 1.165) is 18.7 Å². The van der Waals surface area contributed by atoms with E-state index in [1.807, 2.05) is 0 Å². The Bertz CT molecular complexity index is 1310. The van der Waals surface area contributed by atoms with Crippen molar-refractivity contribution in [1.29, 1.82) is 0 Å². The third-order valence-electron chi connectivity index (χ3n) is 7.81. The SMILES string of the molecule is CCOC(=O)C1=CC2[C@@H]3C(=O)N(c4ccc(Br)cc4)C(=O)[C@@H]3C1[C@H]1C(=O)N(c3ccc(Br)cc3)C(=O)[C@@H]21. The summed E-state index contributed by atoms with van der Waals surface area (Å²) in [6.07, 6.45) is 1.61. The predicted octanol–water partition coefficient (Wildman–Crippen LogP) is 3.87. The molecule has 3 fully saturated rings. The van der Waals surface area contributed by atoms with Crippen LogP contribution in [0.25, 0.3) is 0 Å². The number of hydrogen-bond acceptors (Lipinski definition) is 6. The maximum atomic E-state index is 13.8. The molecule has 37 heavy (non-hydrogen) atoms. The Morgan fingerprint density at radius 3 is 1.51 bits per heavy atom. The van der Waals surface area contributed by atoms with Gasteiger partial charge in [-0.15, -0.1) is 0 Å². The molecule has 2 aromatic rings. The van der Waals surface area contributed by atoms with Crippen LogP contribution in [-0.4, -0.2) is 36.2 Å². The fourth-order valence-corrected chi connectivity index (χ4v) is 6.99. The maximum Gasteiger partial charge on any atom is 0.334 e. The highest BCUT2D eigenvalue weighted by atomic mass is 79.9. The van der Waals surface area contributed by atoms with Gasteiger partial charge in [0.05, 0.1) is 41.7 Å². The van der Waals surface area contributed by atoms with Gasteiger partial charge in [-0.2, -0.15) is 0 Å². The van der Waals surface area contributed by atoms with Gasteiger partial charge >= 0.3 is 5.97 Å². The van der Waals surface area contributed by atoms with E-state index in [9.17, 15) is 24.0 Å². The molecule has 2 heterocycles. The van der Waals surface area contributed by atoms with E-state index in [1.165, 1.54) is 0 Å². The lowest BCUT2D eigenvalue weighted by Crippen LogP contribution is -2.53. The Balaban J connectivity index is 1.46. The first-order chi connectivity index (χ1) is 17.7. The van der Waals surface area contributed by atoms with Crippen molar-refractivity contribution >= 4 is 72.8 Å². The van der Waals surface area contributed by atoms with Crippen LogP contribution in [0, 0.1) is 35.5 Å². The van der Waals surface area contributed by atoms with Gasteiger partial charge in [0.1, 0.15) is 0 Å². The molecule has 2 aliphatic heterocycles. The van der Waals surface area contributed by atoms with E-state index >= 15 is 0 Å². The molecular formula is C27H20Br2N2O6. The number of allylic oxidation sites excluding steroid dienone is 1. The summed E-state index contributed by atoms with van der Waals surface area (Å²) in [6.45, 7) is 1.79. The lowest BCUT2D eigenvalue weighted by Gasteiger charge is -2.46. The first-order valence-electron chi connectivity index (χ1n) is 11.9. The molecule has 4 atom stereocenters. The third kappa shape index (κ3) is 3.41. The quantitative estimate of drug-likeness (QED) is 0.377. The molecule has 8 nitrogen and oxygen atoms in total. The van der Waals surface area contributed by atoms with Crippen molar-refractivity contribution in [1.82, 2.24) is 0 Å². The van der Waals surface area contributed by atoms with Crippen LogP contribution in [-0.2, 0) is 28.7 Å². The normalized spacial score (nSPS) is 30.0. The summed E-state index contributed by atoms with van der Waals surface area (Å²) in [7, 11) is 0. The van der Waals surface area contributed by atoms with Crippen molar-refractivity contribution in [3.8, 4) is 0 Å². The van der Waals surface area contributed by atoms with Crippen LogP contribution in [0.1, 0.15) is 6.92 Å². The molecule has 0 spiro atoms. The highest BCUT2D eigenvalue weighted by Crippen LogP contribution is 2.61. The predicted molar refractivity (Wildman–Crippen MR) is 139 cm³/mol. The molecule has 1 saturated carbocycles. The zero-order valence-electron chi connectivity index (χ0n) is 19.5. The van der Waals surface area contributed by atoms with Crippen molar-refractivity contribution < 1.29 is 28.7 Å². The van der Waals surface area contributed by atoms with Crippen molar-refractivity contribution in [2.45, 2.75) is 6.92 Å².